The molecule has 4 aliphatic rings. The van der Waals surface area contributed by atoms with Crippen molar-refractivity contribution < 1.29 is 4.79 Å². The maximum Gasteiger partial charge on any atom is 0.223 e. The van der Waals surface area contributed by atoms with Crippen LogP contribution in [0.1, 0.15) is 56.2 Å². The molecule has 0 bridgehead atoms. The molecule has 29 heavy (non-hydrogen) atoms. The lowest BCUT2D eigenvalue weighted by Gasteiger charge is -2.41. The molecule has 3 aliphatic heterocycles. The summed E-state index contributed by atoms with van der Waals surface area (Å²) in [4.78, 5) is 26.1. The molecule has 0 atom stereocenters. The molecule has 1 amide bonds. The summed E-state index contributed by atoms with van der Waals surface area (Å²) in [5, 5.41) is 4.42. The first kappa shape index (κ1) is 19.8. The van der Waals surface area contributed by atoms with Crippen molar-refractivity contribution in [3.63, 3.8) is 0 Å². The highest BCUT2D eigenvalue weighted by Gasteiger charge is 2.33. The number of likely N-dealkylation sites (tertiary alicyclic amines) is 2. The molecular weight excluding hydrogens is 382 g/mol. The topological polar surface area (TPSA) is 51.7 Å². The smallest absolute Gasteiger partial charge is 0.223 e. The molecule has 1 aromatic heterocycles. The SMILES string of the molecule is O=C(NC1CC1)C1CCN(C2CCN(Cc3cnc(N4CCCC4)s3)CC2)CC1. The fraction of sp³-hybridized carbons (Fsp3) is 0.818. The number of carbonyl (C=O) groups is 1. The highest BCUT2D eigenvalue weighted by atomic mass is 32.1. The van der Waals surface area contributed by atoms with E-state index in [0.29, 0.717) is 18.0 Å². The third-order valence-electron chi connectivity index (χ3n) is 7.19. The van der Waals surface area contributed by atoms with Crippen molar-refractivity contribution in [1.82, 2.24) is 20.1 Å². The molecule has 0 aromatic carbocycles. The van der Waals surface area contributed by atoms with E-state index in [2.05, 4.69) is 31.2 Å². The fourth-order valence-corrected chi connectivity index (χ4v) is 6.17. The molecule has 1 saturated carbocycles. The minimum Gasteiger partial charge on any atom is -0.353 e. The number of rotatable bonds is 6. The van der Waals surface area contributed by atoms with Gasteiger partial charge in [-0.2, -0.15) is 0 Å². The molecule has 4 heterocycles. The van der Waals surface area contributed by atoms with Crippen LogP contribution in [0.5, 0.6) is 0 Å². The Bertz CT molecular complexity index is 683. The lowest BCUT2D eigenvalue weighted by atomic mass is 9.92. The Morgan fingerprint density at radius 2 is 1.72 bits per heavy atom. The number of nitrogens with zero attached hydrogens (tertiary/aromatic N) is 4. The monoisotopic (exact) mass is 417 g/mol. The van der Waals surface area contributed by atoms with Crippen molar-refractivity contribution in [2.75, 3.05) is 44.2 Å². The quantitative estimate of drug-likeness (QED) is 0.771. The number of aromatic nitrogens is 1. The first-order valence-corrected chi connectivity index (χ1v) is 12.5. The number of hydrogen-bond donors (Lipinski definition) is 1. The van der Waals surface area contributed by atoms with E-state index in [9.17, 15) is 4.79 Å². The zero-order chi connectivity index (χ0) is 19.6. The van der Waals surface area contributed by atoms with Gasteiger partial charge in [0.1, 0.15) is 0 Å². The highest BCUT2D eigenvalue weighted by Crippen LogP contribution is 2.29. The Hall–Kier alpha value is -1.18. The maximum atomic E-state index is 12.3. The third-order valence-corrected chi connectivity index (χ3v) is 8.24. The molecule has 160 valence electrons. The lowest BCUT2D eigenvalue weighted by Crippen LogP contribution is -2.49. The van der Waals surface area contributed by atoms with Crippen LogP contribution in [-0.2, 0) is 11.3 Å². The zero-order valence-corrected chi connectivity index (χ0v) is 18.3. The van der Waals surface area contributed by atoms with Crippen molar-refractivity contribution in [3.05, 3.63) is 11.1 Å². The minimum atomic E-state index is 0.253. The first-order chi connectivity index (χ1) is 14.2. The van der Waals surface area contributed by atoms with Gasteiger partial charge in [0.15, 0.2) is 5.13 Å². The summed E-state index contributed by atoms with van der Waals surface area (Å²) < 4.78 is 0. The van der Waals surface area contributed by atoms with E-state index in [0.717, 1.165) is 32.5 Å². The second-order valence-corrected chi connectivity index (χ2v) is 10.5. The number of hydrogen-bond acceptors (Lipinski definition) is 6. The molecule has 1 N–H and O–H groups in total. The van der Waals surface area contributed by atoms with E-state index in [1.54, 1.807) is 0 Å². The predicted octanol–water partition coefficient (Wildman–Crippen LogP) is 2.70. The van der Waals surface area contributed by atoms with Gasteiger partial charge in [-0.3, -0.25) is 9.69 Å². The van der Waals surface area contributed by atoms with E-state index >= 15 is 0 Å². The van der Waals surface area contributed by atoms with Gasteiger partial charge in [0.2, 0.25) is 5.91 Å². The molecule has 7 heteroatoms. The van der Waals surface area contributed by atoms with Crippen LogP contribution in [0.25, 0.3) is 0 Å². The molecule has 0 unspecified atom stereocenters. The summed E-state index contributed by atoms with van der Waals surface area (Å²) in [5.74, 6) is 0.572. The van der Waals surface area contributed by atoms with Gasteiger partial charge in [0, 0.05) is 61.8 Å². The Morgan fingerprint density at radius 1 is 1.00 bits per heavy atom. The van der Waals surface area contributed by atoms with Crippen molar-refractivity contribution >= 4 is 22.4 Å². The number of carbonyl (C=O) groups excluding carboxylic acids is 1. The van der Waals surface area contributed by atoms with Gasteiger partial charge < -0.3 is 15.1 Å². The zero-order valence-electron chi connectivity index (χ0n) is 17.5. The summed E-state index contributed by atoms with van der Waals surface area (Å²) >= 11 is 1.89. The van der Waals surface area contributed by atoms with Gasteiger partial charge >= 0.3 is 0 Å². The van der Waals surface area contributed by atoms with Gasteiger partial charge in [-0.05, 0) is 64.5 Å². The Morgan fingerprint density at radius 3 is 2.41 bits per heavy atom. The maximum absolute atomic E-state index is 12.3. The summed E-state index contributed by atoms with van der Waals surface area (Å²) in [5.41, 5.74) is 0. The van der Waals surface area contributed by atoms with E-state index in [1.807, 2.05) is 11.3 Å². The first-order valence-electron chi connectivity index (χ1n) is 11.7. The van der Waals surface area contributed by atoms with Crippen LogP contribution in [0.2, 0.25) is 0 Å². The van der Waals surface area contributed by atoms with Gasteiger partial charge in [0.05, 0.1) is 0 Å². The average molecular weight is 418 g/mol. The van der Waals surface area contributed by atoms with Gasteiger partial charge in [-0.15, -0.1) is 11.3 Å². The molecule has 3 saturated heterocycles. The van der Waals surface area contributed by atoms with Gasteiger partial charge in [-0.25, -0.2) is 4.98 Å². The summed E-state index contributed by atoms with van der Waals surface area (Å²) in [6.45, 7) is 7.98. The van der Waals surface area contributed by atoms with Crippen LogP contribution >= 0.6 is 11.3 Å². The normalized spacial score (nSPS) is 25.6. The number of nitrogens with one attached hydrogen (secondary N) is 1. The van der Waals surface area contributed by atoms with Crippen molar-refractivity contribution in [1.29, 1.82) is 0 Å². The second-order valence-electron chi connectivity index (χ2n) is 9.40. The Kier molecular flexibility index (Phi) is 6.07. The van der Waals surface area contributed by atoms with E-state index in [4.69, 9.17) is 0 Å². The standard InChI is InChI=1S/C22H35N5OS/c28-21(24-18-3-4-18)17-5-13-26(14-6-17)19-7-11-25(12-8-19)16-20-15-23-22(29-20)27-9-1-2-10-27/h15,17-19H,1-14,16H2,(H,24,28). The summed E-state index contributed by atoms with van der Waals surface area (Å²) in [7, 11) is 0. The van der Waals surface area contributed by atoms with Crippen LogP contribution in [0.4, 0.5) is 5.13 Å². The van der Waals surface area contributed by atoms with E-state index in [-0.39, 0.29) is 5.92 Å². The molecule has 0 spiro atoms. The number of anilines is 1. The van der Waals surface area contributed by atoms with Crippen LogP contribution in [0.15, 0.2) is 6.20 Å². The summed E-state index contributed by atoms with van der Waals surface area (Å²) in [6, 6.07) is 1.20. The molecule has 1 aliphatic carbocycles. The highest BCUT2D eigenvalue weighted by molar-refractivity contribution is 7.15. The summed E-state index contributed by atoms with van der Waals surface area (Å²) in [6.07, 6.45) is 11.7. The van der Waals surface area contributed by atoms with Crippen molar-refractivity contribution in [3.8, 4) is 0 Å². The van der Waals surface area contributed by atoms with Crippen LogP contribution < -0.4 is 10.2 Å². The predicted molar refractivity (Wildman–Crippen MR) is 117 cm³/mol. The molecule has 4 fully saturated rings. The molecule has 6 nitrogen and oxygen atoms in total. The molecular formula is C22H35N5OS. The Balaban J connectivity index is 1.04. The molecule has 0 radical (unpaired) electrons. The second kappa shape index (κ2) is 8.90. The Labute approximate surface area is 178 Å². The lowest BCUT2D eigenvalue weighted by molar-refractivity contribution is -0.126. The van der Waals surface area contributed by atoms with Crippen LogP contribution in [-0.4, -0.2) is 72.0 Å². The largest absolute Gasteiger partial charge is 0.353 e. The third kappa shape index (κ3) is 4.94. The van der Waals surface area contributed by atoms with Crippen LogP contribution in [0, 0.1) is 5.92 Å². The van der Waals surface area contributed by atoms with Gasteiger partial charge in [0.25, 0.3) is 0 Å². The number of thiazole rings is 1. The van der Waals surface area contributed by atoms with E-state index < -0.39 is 0 Å². The molecule has 1 aromatic rings. The van der Waals surface area contributed by atoms with Gasteiger partial charge in [-0.1, -0.05) is 0 Å². The van der Waals surface area contributed by atoms with Crippen molar-refractivity contribution in [2.24, 2.45) is 5.92 Å². The minimum absolute atomic E-state index is 0.253. The number of piperidine rings is 2. The molecule has 5 rings (SSSR count). The van der Waals surface area contributed by atoms with Crippen molar-refractivity contribution in [2.45, 2.75) is 70.0 Å². The van der Waals surface area contributed by atoms with E-state index in [1.165, 1.54) is 74.7 Å². The average Bonchev–Trinajstić information content (AvgIpc) is 3.20. The van der Waals surface area contributed by atoms with Crippen LogP contribution in [0.3, 0.4) is 0 Å². The fourth-order valence-electron chi connectivity index (χ4n) is 5.16. The number of amides is 1.